The van der Waals surface area contributed by atoms with E-state index in [1.807, 2.05) is 0 Å². The van der Waals surface area contributed by atoms with Crippen LogP contribution in [0.1, 0.15) is 27.7 Å². The molecule has 0 saturated carbocycles. The van der Waals surface area contributed by atoms with Crippen LogP contribution in [0.4, 0.5) is 0 Å². The van der Waals surface area contributed by atoms with Crippen LogP contribution in [0.25, 0.3) is 0 Å². The predicted octanol–water partition coefficient (Wildman–Crippen LogP) is 2.50. The van der Waals surface area contributed by atoms with Crippen LogP contribution in [0.2, 0.25) is 0 Å². The van der Waals surface area contributed by atoms with Gasteiger partial charge in [-0.2, -0.15) is 11.8 Å². The maximum absolute atomic E-state index is 2.33. The lowest BCUT2D eigenvalue weighted by Crippen LogP contribution is -1.94. The molecule has 0 heteroatoms. The third-order valence-electron chi connectivity index (χ3n) is 0.770. The molecule has 0 aromatic heterocycles. The molecular formula is C7H15-. The topological polar surface area (TPSA) is 0 Å². The van der Waals surface area contributed by atoms with E-state index in [-0.39, 0.29) is 0 Å². The van der Waals surface area contributed by atoms with Gasteiger partial charge in [0, 0.05) is 0 Å². The molecule has 0 spiro atoms. The van der Waals surface area contributed by atoms with Gasteiger partial charge in [0.1, 0.15) is 0 Å². The van der Waals surface area contributed by atoms with Crippen LogP contribution < -0.4 is 0 Å². The van der Waals surface area contributed by atoms with Gasteiger partial charge in [-0.3, -0.25) is 0 Å². The molecule has 0 heterocycles. The van der Waals surface area contributed by atoms with E-state index >= 15 is 0 Å². The molecule has 0 fully saturated rings. The summed E-state index contributed by atoms with van der Waals surface area (Å²) in [6.07, 6.45) is 2.33. The molecule has 0 nitrogen and oxygen atoms in total. The van der Waals surface area contributed by atoms with E-state index in [4.69, 9.17) is 0 Å². The first-order valence-electron chi connectivity index (χ1n) is 2.98. The molecule has 0 unspecified atom stereocenters. The van der Waals surface area contributed by atoms with E-state index < -0.39 is 0 Å². The maximum Gasteiger partial charge on any atom is -0.0901 e. The molecule has 44 valence electrons. The van der Waals surface area contributed by atoms with Gasteiger partial charge in [0.25, 0.3) is 0 Å². The van der Waals surface area contributed by atoms with E-state index in [0.29, 0.717) is 0 Å². The molecule has 0 rings (SSSR count). The third kappa shape index (κ3) is 6.00. The Morgan fingerprint density at radius 1 is 0.857 bits per heavy atom. The van der Waals surface area contributed by atoms with Gasteiger partial charge in [0.2, 0.25) is 0 Å². The standard InChI is InChI=1S/C7H15/c1-6(2)5-7(3)4/h5-7H,1-4H3/q-1. The van der Waals surface area contributed by atoms with Crippen LogP contribution in [-0.4, -0.2) is 0 Å². The monoisotopic (exact) mass is 99.1 g/mol. The number of rotatable bonds is 2. The molecule has 0 bridgehead atoms. The average molecular weight is 99.2 g/mol. The van der Waals surface area contributed by atoms with Crippen LogP contribution in [0.15, 0.2) is 0 Å². The van der Waals surface area contributed by atoms with Crippen LogP contribution in [-0.2, 0) is 0 Å². The molecule has 0 aliphatic carbocycles. The maximum atomic E-state index is 2.33. The molecule has 0 aromatic rings. The Kier molecular flexibility index (Phi) is 3.06. The lowest BCUT2D eigenvalue weighted by atomic mass is 10.0. The first-order valence-corrected chi connectivity index (χ1v) is 2.98. The van der Waals surface area contributed by atoms with Gasteiger partial charge in [-0.25, -0.2) is 0 Å². The summed E-state index contributed by atoms with van der Waals surface area (Å²) in [5.41, 5.74) is 0. The highest BCUT2D eigenvalue weighted by atomic mass is 14.0. The average Bonchev–Trinajstić information content (AvgIpc) is 1.27. The van der Waals surface area contributed by atoms with E-state index in [1.54, 1.807) is 0 Å². The lowest BCUT2D eigenvalue weighted by Gasteiger charge is -2.19. The highest BCUT2D eigenvalue weighted by Crippen LogP contribution is 2.06. The van der Waals surface area contributed by atoms with Gasteiger partial charge in [-0.05, 0) is 0 Å². The van der Waals surface area contributed by atoms with Crippen molar-refractivity contribution in [1.82, 2.24) is 0 Å². The molecule has 0 atom stereocenters. The third-order valence-corrected chi connectivity index (χ3v) is 0.770. The van der Waals surface area contributed by atoms with E-state index in [0.717, 1.165) is 11.8 Å². The first-order chi connectivity index (χ1) is 3.13. The Bertz CT molecular complexity index is 29.3. The summed E-state index contributed by atoms with van der Waals surface area (Å²) in [5, 5.41) is 0. The molecule has 0 saturated heterocycles. The summed E-state index contributed by atoms with van der Waals surface area (Å²) in [7, 11) is 0. The van der Waals surface area contributed by atoms with Crippen molar-refractivity contribution in [1.29, 1.82) is 0 Å². The summed E-state index contributed by atoms with van der Waals surface area (Å²) in [4.78, 5) is 0. The number of hydrogen-bond donors (Lipinski definition) is 0. The fraction of sp³-hybridized carbons (Fsp3) is 0.857. The smallest absolute Gasteiger partial charge is 0.0901 e. The normalized spacial score (nSPS) is 11.1. The van der Waals surface area contributed by atoms with Gasteiger partial charge in [-0.1, -0.05) is 27.7 Å². The second-order valence-electron chi connectivity index (χ2n) is 2.68. The zero-order valence-corrected chi connectivity index (χ0v) is 5.73. The molecule has 0 amide bonds. The molecule has 7 heavy (non-hydrogen) atoms. The van der Waals surface area contributed by atoms with E-state index in [2.05, 4.69) is 34.1 Å². The van der Waals surface area contributed by atoms with Crippen molar-refractivity contribution >= 4 is 0 Å². The summed E-state index contributed by atoms with van der Waals surface area (Å²) in [6.45, 7) is 8.83. The first kappa shape index (κ1) is 7.00. The minimum absolute atomic E-state index is 0.750. The van der Waals surface area contributed by atoms with Gasteiger partial charge >= 0.3 is 0 Å². The van der Waals surface area contributed by atoms with Crippen molar-refractivity contribution in [2.45, 2.75) is 27.7 Å². The zero-order valence-electron chi connectivity index (χ0n) is 5.73. The van der Waals surface area contributed by atoms with Crippen molar-refractivity contribution in [3.05, 3.63) is 6.42 Å². The van der Waals surface area contributed by atoms with Crippen LogP contribution in [0.5, 0.6) is 0 Å². The Morgan fingerprint density at radius 2 is 1.14 bits per heavy atom. The van der Waals surface area contributed by atoms with Gasteiger partial charge in [-0.15, -0.1) is 0 Å². The fourth-order valence-corrected chi connectivity index (χ4v) is 0.770. The van der Waals surface area contributed by atoms with Crippen molar-refractivity contribution in [3.63, 3.8) is 0 Å². The van der Waals surface area contributed by atoms with Gasteiger partial charge < -0.3 is 6.42 Å². The summed E-state index contributed by atoms with van der Waals surface area (Å²) in [5.74, 6) is 1.50. The second-order valence-corrected chi connectivity index (χ2v) is 2.68. The Hall–Kier alpha value is 0. The summed E-state index contributed by atoms with van der Waals surface area (Å²) >= 11 is 0. The van der Waals surface area contributed by atoms with Crippen molar-refractivity contribution in [2.75, 3.05) is 0 Å². The summed E-state index contributed by atoms with van der Waals surface area (Å²) in [6, 6.07) is 0. The number of hydrogen-bond acceptors (Lipinski definition) is 0. The minimum Gasteiger partial charge on any atom is -0.323 e. The second kappa shape index (κ2) is 3.06. The highest BCUT2D eigenvalue weighted by molar-refractivity contribution is 4.71. The largest absolute Gasteiger partial charge is 0.323 e. The van der Waals surface area contributed by atoms with Crippen molar-refractivity contribution in [2.24, 2.45) is 11.8 Å². The summed E-state index contributed by atoms with van der Waals surface area (Å²) < 4.78 is 0. The zero-order chi connectivity index (χ0) is 5.86. The van der Waals surface area contributed by atoms with Crippen LogP contribution >= 0.6 is 0 Å². The van der Waals surface area contributed by atoms with E-state index in [1.165, 1.54) is 0 Å². The van der Waals surface area contributed by atoms with Crippen LogP contribution in [0.3, 0.4) is 0 Å². The van der Waals surface area contributed by atoms with Crippen LogP contribution in [0, 0.1) is 18.3 Å². The Balaban J connectivity index is 2.95. The Labute approximate surface area is 46.9 Å². The fourth-order valence-electron chi connectivity index (χ4n) is 0.770. The molecule has 0 radical (unpaired) electrons. The highest BCUT2D eigenvalue weighted by Gasteiger charge is 1.82. The van der Waals surface area contributed by atoms with E-state index in [9.17, 15) is 0 Å². The SMILES string of the molecule is CC(C)[CH-]C(C)C. The van der Waals surface area contributed by atoms with Gasteiger partial charge in [0.15, 0.2) is 0 Å². The molecular weight excluding hydrogens is 84.1 g/mol. The molecule has 0 N–H and O–H groups in total. The van der Waals surface area contributed by atoms with Crippen molar-refractivity contribution in [3.8, 4) is 0 Å². The Morgan fingerprint density at radius 3 is 1.14 bits per heavy atom. The molecule has 0 aliphatic rings. The molecule has 0 aliphatic heterocycles. The quantitative estimate of drug-likeness (QED) is 0.466. The molecule has 0 aromatic carbocycles. The minimum atomic E-state index is 0.750. The van der Waals surface area contributed by atoms with Crippen molar-refractivity contribution < 1.29 is 0 Å². The predicted molar refractivity (Wildman–Crippen MR) is 34.0 cm³/mol. The van der Waals surface area contributed by atoms with Gasteiger partial charge in [0.05, 0.1) is 0 Å². The lowest BCUT2D eigenvalue weighted by molar-refractivity contribution is 0.615.